The number of nitrogens with zero attached hydrogens (tertiary/aromatic N) is 1. The minimum Gasteiger partial charge on any atom is -0.476 e. The van der Waals surface area contributed by atoms with E-state index in [2.05, 4.69) is 30.0 Å². The van der Waals surface area contributed by atoms with Gasteiger partial charge < -0.3 is 9.97 Å². The first-order valence-corrected chi connectivity index (χ1v) is 4.45. The van der Waals surface area contributed by atoms with Crippen LogP contribution in [0, 0.1) is 33.9 Å². The van der Waals surface area contributed by atoms with Crippen LogP contribution in [0.4, 0.5) is 0 Å². The van der Waals surface area contributed by atoms with E-state index in [4.69, 9.17) is 0 Å². The van der Waals surface area contributed by atoms with Crippen molar-refractivity contribution in [2.45, 2.75) is 27.7 Å². The van der Waals surface area contributed by atoms with Gasteiger partial charge in [-0.25, -0.2) is 0 Å². The molecule has 0 unspecified atom stereocenters. The molecule has 0 aliphatic rings. The van der Waals surface area contributed by atoms with E-state index in [-0.39, 0.29) is 32.7 Å². The largest absolute Gasteiger partial charge is 0.476 e. The Balaban J connectivity index is 0.000000980. The molecule has 14 heavy (non-hydrogen) atoms. The minimum atomic E-state index is 0. The van der Waals surface area contributed by atoms with Crippen LogP contribution in [0.1, 0.15) is 22.4 Å². The van der Waals surface area contributed by atoms with E-state index >= 15 is 0 Å². The van der Waals surface area contributed by atoms with Crippen molar-refractivity contribution in [3.63, 3.8) is 0 Å². The van der Waals surface area contributed by atoms with Gasteiger partial charge in [-0.2, -0.15) is 0 Å². The number of pyridine rings is 1. The summed E-state index contributed by atoms with van der Waals surface area (Å²) in [6.45, 7) is 8.30. The van der Waals surface area contributed by atoms with Crippen molar-refractivity contribution in [1.82, 2.24) is 9.97 Å². The molecule has 0 aliphatic carbocycles. The number of aromatic nitrogens is 2. The van der Waals surface area contributed by atoms with Crippen LogP contribution in [0.5, 0.6) is 0 Å². The summed E-state index contributed by atoms with van der Waals surface area (Å²) >= 11 is 0. The quantitative estimate of drug-likeness (QED) is 0.726. The summed E-state index contributed by atoms with van der Waals surface area (Å²) in [6, 6.07) is 0. The molecule has 3 heteroatoms. The summed E-state index contributed by atoms with van der Waals surface area (Å²) < 4.78 is 0. The van der Waals surface area contributed by atoms with Crippen LogP contribution in [0.25, 0.3) is 11.0 Å². The molecule has 1 N–H and O–H groups in total. The Labute approximate surface area is 109 Å². The summed E-state index contributed by atoms with van der Waals surface area (Å²) in [4.78, 5) is 7.67. The van der Waals surface area contributed by atoms with Crippen molar-refractivity contribution in [3.8, 4) is 0 Å². The molecule has 0 fully saturated rings. The molecule has 2 nitrogen and oxygen atoms in total. The second-order valence-electron chi connectivity index (χ2n) is 3.55. The first kappa shape index (κ1) is 11.9. The van der Waals surface area contributed by atoms with Crippen LogP contribution < -0.4 is 0 Å². The van der Waals surface area contributed by atoms with Gasteiger partial charge in [-0.05, 0) is 19.4 Å². The van der Waals surface area contributed by atoms with Gasteiger partial charge in [0.05, 0.1) is 0 Å². The third kappa shape index (κ3) is 1.66. The van der Waals surface area contributed by atoms with Crippen LogP contribution in [0.2, 0.25) is 0 Å². The third-order valence-corrected chi connectivity index (χ3v) is 2.73. The number of rotatable bonds is 0. The topological polar surface area (TPSA) is 28.7 Å². The Kier molecular flexibility index (Phi) is 3.49. The van der Waals surface area contributed by atoms with Crippen molar-refractivity contribution < 1.29 is 32.7 Å². The van der Waals surface area contributed by atoms with Gasteiger partial charge in [-0.15, -0.1) is 11.8 Å². The number of fused-ring (bicyclic) bond motifs is 1. The average molecular weight is 262 g/mol. The van der Waals surface area contributed by atoms with Crippen LogP contribution in [-0.4, -0.2) is 9.97 Å². The predicted octanol–water partition coefficient (Wildman–Crippen LogP) is 2.59. The number of hydrogen-bond donors (Lipinski definition) is 1. The van der Waals surface area contributed by atoms with Crippen LogP contribution in [-0.2, 0) is 32.7 Å². The molecule has 71 valence electrons. The molecule has 0 atom stereocenters. The first-order valence-electron chi connectivity index (χ1n) is 4.45. The Bertz CT molecular complexity index is 472. The van der Waals surface area contributed by atoms with Crippen molar-refractivity contribution in [2.24, 2.45) is 0 Å². The molecule has 0 saturated heterocycles. The van der Waals surface area contributed by atoms with E-state index < -0.39 is 0 Å². The number of nitrogens with one attached hydrogen (secondary N) is 1. The fourth-order valence-corrected chi connectivity index (χ4v) is 1.58. The van der Waals surface area contributed by atoms with E-state index in [9.17, 15) is 0 Å². The molecule has 2 aromatic rings. The zero-order valence-corrected chi connectivity index (χ0v) is 11.9. The maximum atomic E-state index is 4.53. The second-order valence-corrected chi connectivity index (χ2v) is 3.55. The molecule has 0 amide bonds. The predicted molar refractivity (Wildman–Crippen MR) is 53.9 cm³/mol. The van der Waals surface area contributed by atoms with Crippen LogP contribution >= 0.6 is 0 Å². The van der Waals surface area contributed by atoms with Crippen LogP contribution in [0.15, 0.2) is 0 Å². The Morgan fingerprint density at radius 1 is 1.07 bits per heavy atom. The molecule has 0 aliphatic heterocycles. The smallest absolute Gasteiger partial charge is 0.0240 e. The molecule has 0 spiro atoms. The maximum absolute atomic E-state index is 4.53. The van der Waals surface area contributed by atoms with Crippen molar-refractivity contribution in [3.05, 3.63) is 28.6 Å². The molecule has 2 aromatic heterocycles. The maximum Gasteiger partial charge on any atom is 0.0240 e. The molecule has 2 heterocycles. The standard InChI is InChI=1S/C11H13N2.Y/c1-6-5-12-11-8(3)7(2)9(4)13-10(6)11;/h12H,1-4H3;/q-1;. The normalized spacial score (nSPS) is 10.3. The van der Waals surface area contributed by atoms with Crippen molar-refractivity contribution in [2.75, 3.05) is 0 Å². The average Bonchev–Trinajstić information content (AvgIpc) is 2.45. The summed E-state index contributed by atoms with van der Waals surface area (Å²) in [5, 5.41) is 0. The van der Waals surface area contributed by atoms with Gasteiger partial charge in [0.25, 0.3) is 0 Å². The van der Waals surface area contributed by atoms with Crippen molar-refractivity contribution in [1.29, 1.82) is 0 Å². The Morgan fingerprint density at radius 2 is 1.71 bits per heavy atom. The van der Waals surface area contributed by atoms with Gasteiger partial charge in [0.1, 0.15) is 0 Å². The molecule has 0 saturated carbocycles. The number of aromatic amines is 1. The van der Waals surface area contributed by atoms with Gasteiger partial charge in [0.15, 0.2) is 0 Å². The monoisotopic (exact) mass is 262 g/mol. The molecular formula is C11H13N2Y-. The molecule has 2 rings (SSSR count). The summed E-state index contributed by atoms with van der Waals surface area (Å²) in [7, 11) is 0. The minimum absolute atomic E-state index is 0. The molecule has 0 bridgehead atoms. The number of H-pyrrole nitrogens is 1. The van der Waals surface area contributed by atoms with Gasteiger partial charge in [-0.3, -0.25) is 0 Å². The van der Waals surface area contributed by atoms with Gasteiger partial charge in [-0.1, -0.05) is 30.4 Å². The fourth-order valence-electron chi connectivity index (χ4n) is 1.58. The Hall–Kier alpha value is -0.206. The molecule has 0 aromatic carbocycles. The zero-order chi connectivity index (χ0) is 9.59. The SMILES string of the molecule is Cc1nc2c(C)[c-][nH]c2c(C)c1C.[Y]. The van der Waals surface area contributed by atoms with E-state index in [0.29, 0.717) is 0 Å². The summed E-state index contributed by atoms with van der Waals surface area (Å²) in [5.74, 6) is 0. The van der Waals surface area contributed by atoms with E-state index in [1.54, 1.807) is 0 Å². The summed E-state index contributed by atoms with van der Waals surface area (Å²) in [6.07, 6.45) is 3.08. The fraction of sp³-hybridized carbons (Fsp3) is 0.364. The number of hydrogen-bond acceptors (Lipinski definition) is 1. The Morgan fingerprint density at radius 3 is 2.36 bits per heavy atom. The summed E-state index contributed by atoms with van der Waals surface area (Å²) in [5.41, 5.74) is 6.94. The van der Waals surface area contributed by atoms with Gasteiger partial charge >= 0.3 is 0 Å². The van der Waals surface area contributed by atoms with Gasteiger partial charge in [0.2, 0.25) is 0 Å². The van der Waals surface area contributed by atoms with Crippen LogP contribution in [0.3, 0.4) is 0 Å². The van der Waals surface area contributed by atoms with E-state index in [1.165, 1.54) is 11.1 Å². The first-order chi connectivity index (χ1) is 6.11. The van der Waals surface area contributed by atoms with Gasteiger partial charge in [0, 0.05) is 38.4 Å². The van der Waals surface area contributed by atoms with Crippen molar-refractivity contribution >= 4 is 11.0 Å². The van der Waals surface area contributed by atoms with E-state index in [1.807, 2.05) is 13.8 Å². The second kappa shape index (κ2) is 4.12. The molecular weight excluding hydrogens is 249 g/mol. The third-order valence-electron chi connectivity index (χ3n) is 2.73. The number of aryl methyl sites for hydroxylation is 3. The zero-order valence-electron chi connectivity index (χ0n) is 9.02. The molecule has 1 radical (unpaired) electrons. The van der Waals surface area contributed by atoms with E-state index in [0.717, 1.165) is 22.3 Å².